The molecule has 3 nitrogen and oxygen atoms in total. The third kappa shape index (κ3) is 3.41. The van der Waals surface area contributed by atoms with Crippen LogP contribution in [0.25, 0.3) is 0 Å². The van der Waals surface area contributed by atoms with Crippen LogP contribution in [-0.2, 0) is 0 Å². The Morgan fingerprint density at radius 3 is 2.32 bits per heavy atom. The molecule has 1 aromatic carbocycles. The van der Waals surface area contributed by atoms with Crippen LogP contribution in [0.1, 0.15) is 33.1 Å². The van der Waals surface area contributed by atoms with Gasteiger partial charge >= 0.3 is 0 Å². The Labute approximate surface area is 116 Å². The van der Waals surface area contributed by atoms with Gasteiger partial charge in [-0.25, -0.2) is 0 Å². The molecule has 1 aromatic rings. The third-order valence-corrected chi connectivity index (χ3v) is 4.07. The summed E-state index contributed by atoms with van der Waals surface area (Å²) in [5.74, 6) is 0. The largest absolute Gasteiger partial charge is 0.384 e. The number of hydrogen-bond acceptors (Lipinski definition) is 3. The topological polar surface area (TPSA) is 39.1 Å². The zero-order chi connectivity index (χ0) is 13.7. The smallest absolute Gasteiger partial charge is 0.0628 e. The Morgan fingerprint density at radius 2 is 1.84 bits per heavy atom. The van der Waals surface area contributed by atoms with Crippen molar-refractivity contribution >= 4 is 11.4 Å². The van der Waals surface area contributed by atoms with Crippen LogP contribution in [0.5, 0.6) is 0 Å². The van der Waals surface area contributed by atoms with Crippen LogP contribution in [0.3, 0.4) is 0 Å². The lowest BCUT2D eigenvalue weighted by Gasteiger charge is -2.21. The quantitative estimate of drug-likeness (QED) is 0.810. The molecular formula is C16H23N3. The second-order valence-electron chi connectivity index (χ2n) is 5.41. The van der Waals surface area contributed by atoms with E-state index < -0.39 is 0 Å². The lowest BCUT2D eigenvalue weighted by molar-refractivity contribution is 0.557. The van der Waals surface area contributed by atoms with Crippen LogP contribution in [0.2, 0.25) is 0 Å². The van der Waals surface area contributed by atoms with E-state index in [0.717, 1.165) is 25.3 Å². The molecule has 0 unspecified atom stereocenters. The molecule has 0 atom stereocenters. The minimum Gasteiger partial charge on any atom is -0.384 e. The normalized spacial score (nSPS) is 15.6. The number of anilines is 2. The van der Waals surface area contributed by atoms with Gasteiger partial charge in [0, 0.05) is 42.8 Å². The number of nitriles is 1. The van der Waals surface area contributed by atoms with Gasteiger partial charge in [-0.2, -0.15) is 5.26 Å². The molecule has 1 aliphatic rings. The lowest BCUT2D eigenvalue weighted by Crippen LogP contribution is -2.21. The van der Waals surface area contributed by atoms with Gasteiger partial charge in [0.25, 0.3) is 0 Å². The standard InChI is InChI=1S/C16H23N3/c1-3-19(4-2)15-7-5-14(6-8-15)18-13-16(9-10-16)11-12-17/h5-8,18H,3-4,9-11,13H2,1-2H3. The number of nitrogens with one attached hydrogen (secondary N) is 1. The Hall–Kier alpha value is -1.69. The van der Waals surface area contributed by atoms with Crippen LogP contribution < -0.4 is 10.2 Å². The molecule has 0 spiro atoms. The van der Waals surface area contributed by atoms with Gasteiger partial charge in [0.1, 0.15) is 0 Å². The van der Waals surface area contributed by atoms with Crippen molar-refractivity contribution in [2.45, 2.75) is 33.1 Å². The minimum absolute atomic E-state index is 0.256. The maximum Gasteiger partial charge on any atom is 0.0628 e. The molecule has 102 valence electrons. The van der Waals surface area contributed by atoms with Crippen molar-refractivity contribution in [3.63, 3.8) is 0 Å². The Bertz CT molecular complexity index is 436. The molecule has 0 heterocycles. The van der Waals surface area contributed by atoms with Crippen molar-refractivity contribution in [3.05, 3.63) is 24.3 Å². The van der Waals surface area contributed by atoms with E-state index in [1.807, 2.05) is 0 Å². The highest BCUT2D eigenvalue weighted by Gasteiger charge is 2.42. The van der Waals surface area contributed by atoms with Crippen LogP contribution in [0.4, 0.5) is 11.4 Å². The molecule has 0 radical (unpaired) electrons. The number of rotatable bonds is 7. The molecule has 1 N–H and O–H groups in total. The predicted molar refractivity (Wildman–Crippen MR) is 80.4 cm³/mol. The Kier molecular flexibility index (Phi) is 4.31. The average molecular weight is 257 g/mol. The summed E-state index contributed by atoms with van der Waals surface area (Å²) < 4.78 is 0. The zero-order valence-corrected chi connectivity index (χ0v) is 11.9. The minimum atomic E-state index is 0.256. The van der Waals surface area contributed by atoms with E-state index in [4.69, 9.17) is 5.26 Å². The van der Waals surface area contributed by atoms with Crippen molar-refractivity contribution < 1.29 is 0 Å². The van der Waals surface area contributed by atoms with Gasteiger partial charge in [-0.1, -0.05) is 0 Å². The molecule has 0 aliphatic heterocycles. The van der Waals surface area contributed by atoms with Crippen LogP contribution >= 0.6 is 0 Å². The first-order valence-electron chi connectivity index (χ1n) is 7.19. The summed E-state index contributed by atoms with van der Waals surface area (Å²) in [7, 11) is 0. The number of nitrogens with zero attached hydrogens (tertiary/aromatic N) is 2. The summed E-state index contributed by atoms with van der Waals surface area (Å²) in [6.45, 7) is 7.34. The number of benzene rings is 1. The van der Waals surface area contributed by atoms with Gasteiger partial charge in [-0.05, 0) is 51.0 Å². The molecular weight excluding hydrogens is 234 g/mol. The monoisotopic (exact) mass is 257 g/mol. The highest BCUT2D eigenvalue weighted by molar-refractivity contribution is 5.55. The summed E-state index contributed by atoms with van der Waals surface area (Å²) in [5, 5.41) is 12.3. The van der Waals surface area contributed by atoms with E-state index in [1.54, 1.807) is 0 Å². The highest BCUT2D eigenvalue weighted by atomic mass is 15.1. The fourth-order valence-corrected chi connectivity index (χ4v) is 2.43. The highest BCUT2D eigenvalue weighted by Crippen LogP contribution is 2.48. The summed E-state index contributed by atoms with van der Waals surface area (Å²) in [5.41, 5.74) is 2.68. The second-order valence-corrected chi connectivity index (χ2v) is 5.41. The second kappa shape index (κ2) is 5.97. The molecule has 0 aromatic heterocycles. The van der Waals surface area contributed by atoms with Crippen molar-refractivity contribution in [3.8, 4) is 6.07 Å². The van der Waals surface area contributed by atoms with E-state index in [-0.39, 0.29) is 5.41 Å². The maximum atomic E-state index is 8.81. The molecule has 1 aliphatic carbocycles. The van der Waals surface area contributed by atoms with Crippen molar-refractivity contribution in [2.75, 3.05) is 29.9 Å². The molecule has 19 heavy (non-hydrogen) atoms. The average Bonchev–Trinajstić information content (AvgIpc) is 3.20. The summed E-state index contributed by atoms with van der Waals surface area (Å²) in [4.78, 5) is 2.34. The first kappa shape index (κ1) is 13.7. The van der Waals surface area contributed by atoms with Crippen LogP contribution in [0, 0.1) is 16.7 Å². The summed E-state index contributed by atoms with van der Waals surface area (Å²) in [6.07, 6.45) is 3.05. The Balaban J connectivity index is 1.90. The summed E-state index contributed by atoms with van der Waals surface area (Å²) in [6, 6.07) is 10.9. The van der Waals surface area contributed by atoms with E-state index in [2.05, 4.69) is 54.4 Å². The first-order valence-corrected chi connectivity index (χ1v) is 7.19. The first-order chi connectivity index (χ1) is 9.23. The Morgan fingerprint density at radius 1 is 1.21 bits per heavy atom. The van der Waals surface area contributed by atoms with Gasteiger partial charge in [0.2, 0.25) is 0 Å². The predicted octanol–water partition coefficient (Wildman–Crippen LogP) is 3.64. The van der Waals surface area contributed by atoms with Crippen molar-refractivity contribution in [2.24, 2.45) is 5.41 Å². The van der Waals surface area contributed by atoms with Crippen molar-refractivity contribution in [1.29, 1.82) is 5.26 Å². The fraction of sp³-hybridized carbons (Fsp3) is 0.562. The van der Waals surface area contributed by atoms with Gasteiger partial charge < -0.3 is 10.2 Å². The van der Waals surface area contributed by atoms with Gasteiger partial charge in [-0.3, -0.25) is 0 Å². The molecule has 0 saturated heterocycles. The SMILES string of the molecule is CCN(CC)c1ccc(NCC2(CC#N)CC2)cc1. The van der Waals surface area contributed by atoms with E-state index in [9.17, 15) is 0 Å². The van der Waals surface area contributed by atoms with Gasteiger partial charge in [0.05, 0.1) is 6.07 Å². The summed E-state index contributed by atoms with van der Waals surface area (Å²) >= 11 is 0. The third-order valence-electron chi connectivity index (χ3n) is 4.07. The fourth-order valence-electron chi connectivity index (χ4n) is 2.43. The van der Waals surface area contributed by atoms with Crippen LogP contribution in [0.15, 0.2) is 24.3 Å². The zero-order valence-electron chi connectivity index (χ0n) is 11.9. The maximum absolute atomic E-state index is 8.81. The van der Waals surface area contributed by atoms with Crippen LogP contribution in [-0.4, -0.2) is 19.6 Å². The lowest BCUT2D eigenvalue weighted by atomic mass is 10.0. The molecule has 0 bridgehead atoms. The van der Waals surface area contributed by atoms with Gasteiger partial charge in [-0.15, -0.1) is 0 Å². The molecule has 1 fully saturated rings. The van der Waals surface area contributed by atoms with Crippen molar-refractivity contribution in [1.82, 2.24) is 0 Å². The van der Waals surface area contributed by atoms with E-state index >= 15 is 0 Å². The van der Waals surface area contributed by atoms with E-state index in [1.165, 1.54) is 18.5 Å². The van der Waals surface area contributed by atoms with Gasteiger partial charge in [0.15, 0.2) is 0 Å². The molecule has 2 rings (SSSR count). The van der Waals surface area contributed by atoms with E-state index in [0.29, 0.717) is 6.42 Å². The number of hydrogen-bond donors (Lipinski definition) is 1. The molecule has 0 amide bonds. The molecule has 3 heteroatoms. The molecule has 1 saturated carbocycles.